The zero-order valence-corrected chi connectivity index (χ0v) is 12.6. The highest BCUT2D eigenvalue weighted by Gasteiger charge is 2.10. The Morgan fingerprint density at radius 1 is 0.957 bits per heavy atom. The first-order valence-corrected chi connectivity index (χ1v) is 7.45. The van der Waals surface area contributed by atoms with Gasteiger partial charge in [-0.3, -0.25) is 9.97 Å². The van der Waals surface area contributed by atoms with Crippen LogP contribution in [0.4, 0.5) is 4.39 Å². The van der Waals surface area contributed by atoms with Gasteiger partial charge in [0.2, 0.25) is 0 Å². The van der Waals surface area contributed by atoms with Crippen molar-refractivity contribution in [1.82, 2.24) is 15.0 Å². The molecule has 0 saturated carbocycles. The van der Waals surface area contributed by atoms with E-state index in [9.17, 15) is 4.39 Å². The predicted molar refractivity (Wildman–Crippen MR) is 88.8 cm³/mol. The topological polar surface area (TPSA) is 38.7 Å². The third-order valence-corrected chi connectivity index (χ3v) is 3.92. The number of halogens is 1. The Bertz CT molecular complexity index is 1030. The quantitative estimate of drug-likeness (QED) is 0.556. The summed E-state index contributed by atoms with van der Waals surface area (Å²) >= 11 is 0. The fourth-order valence-electron chi connectivity index (χ4n) is 2.74. The first kappa shape index (κ1) is 13.8. The molecule has 0 amide bonds. The van der Waals surface area contributed by atoms with Crippen LogP contribution in [-0.4, -0.2) is 15.0 Å². The van der Waals surface area contributed by atoms with Crippen LogP contribution in [0.1, 0.15) is 16.8 Å². The molecule has 0 bridgehead atoms. The van der Waals surface area contributed by atoms with Gasteiger partial charge in [0.1, 0.15) is 5.82 Å². The van der Waals surface area contributed by atoms with Crippen molar-refractivity contribution in [2.75, 3.05) is 0 Å². The number of hydrogen-bond donors (Lipinski definition) is 0. The van der Waals surface area contributed by atoms with Crippen molar-refractivity contribution in [3.05, 3.63) is 77.5 Å². The van der Waals surface area contributed by atoms with Crippen LogP contribution in [0.3, 0.4) is 0 Å². The summed E-state index contributed by atoms with van der Waals surface area (Å²) in [7, 11) is 0. The van der Waals surface area contributed by atoms with Crippen molar-refractivity contribution in [2.45, 2.75) is 13.3 Å². The second-order valence-electron chi connectivity index (χ2n) is 5.64. The Kier molecular flexibility index (Phi) is 3.23. The monoisotopic (exact) mass is 303 g/mol. The normalized spacial score (nSPS) is 11.2. The molecule has 4 rings (SSSR count). The Labute approximate surface area is 132 Å². The van der Waals surface area contributed by atoms with E-state index >= 15 is 0 Å². The van der Waals surface area contributed by atoms with E-state index in [1.807, 2.05) is 31.2 Å². The van der Waals surface area contributed by atoms with E-state index < -0.39 is 0 Å². The fraction of sp³-hybridized carbons (Fsp3) is 0.105. The molecular weight excluding hydrogens is 289 g/mol. The first-order valence-electron chi connectivity index (χ1n) is 7.45. The summed E-state index contributed by atoms with van der Waals surface area (Å²) in [6, 6.07) is 13.0. The number of fused-ring (bicyclic) bond motifs is 2. The molecule has 4 heteroatoms. The molecule has 0 saturated heterocycles. The van der Waals surface area contributed by atoms with Gasteiger partial charge in [0.05, 0.1) is 22.2 Å². The molecule has 0 aliphatic rings. The van der Waals surface area contributed by atoms with Crippen molar-refractivity contribution >= 4 is 21.9 Å². The standard InChI is InChI=1S/C19H14FN3/c1-12-4-6-17-18(9-12)23-14(11-22-17)10-13-5-7-16-15(19(13)20)3-2-8-21-16/h2-9,11H,10H2,1H3. The molecule has 0 radical (unpaired) electrons. The van der Waals surface area contributed by atoms with Gasteiger partial charge in [0.25, 0.3) is 0 Å². The van der Waals surface area contributed by atoms with Gasteiger partial charge in [-0.1, -0.05) is 12.1 Å². The van der Waals surface area contributed by atoms with Crippen molar-refractivity contribution in [1.29, 1.82) is 0 Å². The lowest BCUT2D eigenvalue weighted by atomic mass is 10.1. The molecular formula is C19H14FN3. The van der Waals surface area contributed by atoms with Crippen molar-refractivity contribution in [3.8, 4) is 0 Å². The SMILES string of the molecule is Cc1ccc2ncc(Cc3ccc4ncccc4c3F)nc2c1. The number of rotatable bonds is 2. The predicted octanol–water partition coefficient (Wildman–Crippen LogP) is 4.22. The largest absolute Gasteiger partial charge is 0.256 e. The summed E-state index contributed by atoms with van der Waals surface area (Å²) in [6.45, 7) is 2.02. The molecule has 2 aromatic heterocycles. The Balaban J connectivity index is 1.77. The Morgan fingerprint density at radius 3 is 2.74 bits per heavy atom. The van der Waals surface area contributed by atoms with Crippen molar-refractivity contribution in [2.24, 2.45) is 0 Å². The average molecular weight is 303 g/mol. The van der Waals surface area contributed by atoms with E-state index in [1.165, 1.54) is 0 Å². The van der Waals surface area contributed by atoms with Crippen LogP contribution in [-0.2, 0) is 6.42 Å². The van der Waals surface area contributed by atoms with Gasteiger partial charge < -0.3 is 0 Å². The summed E-state index contributed by atoms with van der Waals surface area (Å²) in [5, 5.41) is 0.537. The minimum atomic E-state index is -0.235. The Morgan fingerprint density at radius 2 is 1.83 bits per heavy atom. The van der Waals surface area contributed by atoms with Gasteiger partial charge in [-0.25, -0.2) is 9.37 Å². The molecule has 0 atom stereocenters. The smallest absolute Gasteiger partial charge is 0.136 e. The molecule has 0 aliphatic heterocycles. The van der Waals surface area contributed by atoms with Crippen LogP contribution in [0, 0.1) is 12.7 Å². The minimum Gasteiger partial charge on any atom is -0.256 e. The lowest BCUT2D eigenvalue weighted by molar-refractivity contribution is 0.625. The van der Waals surface area contributed by atoms with Gasteiger partial charge in [-0.2, -0.15) is 0 Å². The number of aromatic nitrogens is 3. The summed E-state index contributed by atoms with van der Waals surface area (Å²) in [4.78, 5) is 13.2. The zero-order chi connectivity index (χ0) is 15.8. The molecule has 23 heavy (non-hydrogen) atoms. The van der Waals surface area contributed by atoms with Crippen LogP contribution in [0.5, 0.6) is 0 Å². The fourth-order valence-corrected chi connectivity index (χ4v) is 2.74. The van der Waals surface area contributed by atoms with Crippen LogP contribution >= 0.6 is 0 Å². The van der Waals surface area contributed by atoms with E-state index in [0.717, 1.165) is 22.3 Å². The van der Waals surface area contributed by atoms with Crippen LogP contribution in [0.2, 0.25) is 0 Å². The molecule has 3 nitrogen and oxygen atoms in total. The lowest BCUT2D eigenvalue weighted by Gasteiger charge is -2.07. The third-order valence-electron chi connectivity index (χ3n) is 3.92. The first-order chi connectivity index (χ1) is 11.2. The highest BCUT2D eigenvalue weighted by molar-refractivity contribution is 5.80. The highest BCUT2D eigenvalue weighted by atomic mass is 19.1. The van der Waals surface area contributed by atoms with Gasteiger partial charge in [-0.15, -0.1) is 0 Å². The van der Waals surface area contributed by atoms with Gasteiger partial charge in [-0.05, 0) is 48.4 Å². The maximum Gasteiger partial charge on any atom is 0.136 e. The van der Waals surface area contributed by atoms with E-state index in [2.05, 4.69) is 15.0 Å². The molecule has 0 unspecified atom stereocenters. The highest BCUT2D eigenvalue weighted by Crippen LogP contribution is 2.21. The van der Waals surface area contributed by atoms with Crippen molar-refractivity contribution in [3.63, 3.8) is 0 Å². The van der Waals surface area contributed by atoms with Crippen molar-refractivity contribution < 1.29 is 4.39 Å². The Hall–Kier alpha value is -2.88. The number of aryl methyl sites for hydroxylation is 1. The van der Waals surface area contributed by atoms with E-state index in [4.69, 9.17) is 0 Å². The second-order valence-corrected chi connectivity index (χ2v) is 5.64. The second kappa shape index (κ2) is 5.39. The molecule has 4 aromatic rings. The minimum absolute atomic E-state index is 0.235. The molecule has 0 aliphatic carbocycles. The zero-order valence-electron chi connectivity index (χ0n) is 12.6. The van der Waals surface area contributed by atoms with Crippen LogP contribution in [0.25, 0.3) is 21.9 Å². The van der Waals surface area contributed by atoms with E-state index in [1.54, 1.807) is 30.6 Å². The van der Waals surface area contributed by atoms with Crippen LogP contribution in [0.15, 0.2) is 54.9 Å². The van der Waals surface area contributed by atoms with Crippen LogP contribution < -0.4 is 0 Å². The third kappa shape index (κ3) is 2.52. The number of benzene rings is 2. The summed E-state index contributed by atoms with van der Waals surface area (Å²) < 4.78 is 14.6. The number of pyridine rings is 1. The number of hydrogen-bond acceptors (Lipinski definition) is 3. The summed E-state index contributed by atoms with van der Waals surface area (Å²) in [5.41, 5.74) is 4.84. The molecule has 2 heterocycles. The molecule has 0 spiro atoms. The van der Waals surface area contributed by atoms with Gasteiger partial charge >= 0.3 is 0 Å². The molecule has 2 aromatic carbocycles. The lowest BCUT2D eigenvalue weighted by Crippen LogP contribution is -1.98. The summed E-state index contributed by atoms with van der Waals surface area (Å²) in [5.74, 6) is -0.235. The average Bonchev–Trinajstić information content (AvgIpc) is 2.57. The van der Waals surface area contributed by atoms with Gasteiger partial charge in [0.15, 0.2) is 0 Å². The maximum absolute atomic E-state index is 14.6. The van der Waals surface area contributed by atoms with E-state index in [-0.39, 0.29) is 5.82 Å². The molecule has 0 N–H and O–H groups in total. The van der Waals surface area contributed by atoms with Gasteiger partial charge in [0, 0.05) is 24.2 Å². The van der Waals surface area contributed by atoms with E-state index in [0.29, 0.717) is 22.9 Å². The molecule has 0 fully saturated rings. The number of nitrogens with zero attached hydrogens (tertiary/aromatic N) is 3. The maximum atomic E-state index is 14.6. The molecule has 112 valence electrons. The summed E-state index contributed by atoms with van der Waals surface area (Å²) in [6.07, 6.45) is 3.79.